The minimum absolute atomic E-state index is 0.0182. The molecule has 0 spiro atoms. The zero-order chi connectivity index (χ0) is 22.1. The molecule has 6 heteroatoms. The molecule has 5 nitrogen and oxygen atoms in total. The number of hydrogen-bond acceptors (Lipinski definition) is 4. The summed E-state index contributed by atoms with van der Waals surface area (Å²) < 4.78 is 5.73. The van der Waals surface area contributed by atoms with E-state index in [1.165, 1.54) is 4.90 Å². The van der Waals surface area contributed by atoms with Gasteiger partial charge in [0.05, 0.1) is 7.11 Å². The van der Waals surface area contributed by atoms with Crippen LogP contribution < -0.4 is 10.1 Å². The van der Waals surface area contributed by atoms with Crippen molar-refractivity contribution in [2.24, 2.45) is 0 Å². The van der Waals surface area contributed by atoms with Crippen LogP contribution in [0, 0.1) is 0 Å². The fourth-order valence-electron chi connectivity index (χ4n) is 3.12. The molecule has 1 aromatic rings. The molecule has 1 aromatic carbocycles. The number of thiocarbonyl (C=S) groups is 1. The summed E-state index contributed by atoms with van der Waals surface area (Å²) in [7, 11) is 1.60. The predicted octanol–water partition coefficient (Wildman–Crippen LogP) is 4.10. The minimum Gasteiger partial charge on any atom is -0.496 e. The van der Waals surface area contributed by atoms with Gasteiger partial charge in [-0.25, -0.2) is 0 Å². The Balaban J connectivity index is 2.75. The molecule has 1 saturated heterocycles. The largest absolute Gasteiger partial charge is 0.496 e. The Bertz CT molecular complexity index is 902. The molecule has 29 heavy (non-hydrogen) atoms. The van der Waals surface area contributed by atoms with Gasteiger partial charge in [0.15, 0.2) is 5.11 Å². The monoisotopic (exact) mass is 414 g/mol. The van der Waals surface area contributed by atoms with Gasteiger partial charge in [0, 0.05) is 17.7 Å². The number of ether oxygens (including phenoxy) is 1. The van der Waals surface area contributed by atoms with Gasteiger partial charge in [-0.3, -0.25) is 19.8 Å². The van der Waals surface area contributed by atoms with Crippen LogP contribution in [0.3, 0.4) is 0 Å². The first-order chi connectivity index (χ1) is 13.3. The number of nitrogens with zero attached hydrogens (tertiary/aromatic N) is 1. The van der Waals surface area contributed by atoms with Crippen LogP contribution in [0.15, 0.2) is 30.4 Å². The molecule has 1 heterocycles. The van der Waals surface area contributed by atoms with Crippen molar-refractivity contribution in [3.63, 3.8) is 0 Å². The van der Waals surface area contributed by atoms with Gasteiger partial charge in [0.2, 0.25) is 0 Å². The molecule has 0 radical (unpaired) electrons. The number of carbonyl (C=O) groups excluding carboxylic acids is 2. The second-order valence-electron chi connectivity index (χ2n) is 9.17. The fraction of sp³-hybridized carbons (Fsp3) is 0.435. The van der Waals surface area contributed by atoms with E-state index in [-0.39, 0.29) is 28.1 Å². The highest BCUT2D eigenvalue weighted by molar-refractivity contribution is 7.80. The maximum atomic E-state index is 12.9. The number of amides is 2. The molecule has 0 saturated carbocycles. The fourth-order valence-corrected chi connectivity index (χ4v) is 3.37. The van der Waals surface area contributed by atoms with E-state index in [1.807, 2.05) is 6.07 Å². The molecule has 1 N–H and O–H groups in total. The van der Waals surface area contributed by atoms with Crippen molar-refractivity contribution in [3.8, 4) is 5.75 Å². The Morgan fingerprint density at radius 2 is 1.76 bits per heavy atom. The third-order valence-electron chi connectivity index (χ3n) is 4.79. The van der Waals surface area contributed by atoms with E-state index in [0.717, 1.165) is 11.1 Å². The van der Waals surface area contributed by atoms with E-state index in [0.29, 0.717) is 11.3 Å². The molecule has 0 aliphatic carbocycles. The lowest BCUT2D eigenvalue weighted by molar-refractivity contribution is -0.128. The van der Waals surface area contributed by atoms with Crippen molar-refractivity contribution in [1.82, 2.24) is 10.2 Å². The standard InChI is InChI=1S/C23H30N2O3S/c1-9-10-25-20(27)16(19(26)24-21(25)29)12-14-11-15(22(2,3)4)13-17(18(14)28-8)23(5,6)7/h9,11-13H,1,10H2,2-8H3,(H,24,26,29)/b16-12+. The summed E-state index contributed by atoms with van der Waals surface area (Å²) in [5.74, 6) is -0.304. The van der Waals surface area contributed by atoms with E-state index < -0.39 is 11.8 Å². The van der Waals surface area contributed by atoms with Crippen LogP contribution in [0.25, 0.3) is 6.08 Å². The highest BCUT2D eigenvalue weighted by Crippen LogP contribution is 2.39. The molecule has 0 unspecified atom stereocenters. The Morgan fingerprint density at radius 1 is 1.14 bits per heavy atom. The van der Waals surface area contributed by atoms with Crippen LogP contribution in [-0.4, -0.2) is 35.5 Å². The molecular weight excluding hydrogens is 384 g/mol. The average molecular weight is 415 g/mol. The number of carbonyl (C=O) groups is 2. The second kappa shape index (κ2) is 8.11. The molecule has 0 aromatic heterocycles. The van der Waals surface area contributed by atoms with Gasteiger partial charge in [-0.1, -0.05) is 53.7 Å². The lowest BCUT2D eigenvalue weighted by Gasteiger charge is -2.30. The first kappa shape index (κ1) is 22.8. The molecular formula is C23H30N2O3S. The van der Waals surface area contributed by atoms with E-state index in [2.05, 4.69) is 59.5 Å². The van der Waals surface area contributed by atoms with Gasteiger partial charge in [-0.2, -0.15) is 0 Å². The Labute approximate surface area is 178 Å². The third kappa shape index (κ3) is 4.75. The van der Waals surface area contributed by atoms with Crippen molar-refractivity contribution in [3.05, 3.63) is 47.1 Å². The van der Waals surface area contributed by atoms with Gasteiger partial charge in [-0.05, 0) is 40.8 Å². The number of nitrogens with one attached hydrogen (secondary N) is 1. The Hall–Kier alpha value is -2.47. The van der Waals surface area contributed by atoms with Gasteiger partial charge >= 0.3 is 0 Å². The van der Waals surface area contributed by atoms with Crippen LogP contribution in [0.4, 0.5) is 0 Å². The third-order valence-corrected chi connectivity index (χ3v) is 5.12. The maximum Gasteiger partial charge on any atom is 0.265 e. The number of rotatable bonds is 4. The average Bonchev–Trinajstić information content (AvgIpc) is 2.59. The summed E-state index contributed by atoms with van der Waals surface area (Å²) in [5.41, 5.74) is 2.52. The molecule has 1 aliphatic heterocycles. The topological polar surface area (TPSA) is 58.6 Å². The summed E-state index contributed by atoms with van der Waals surface area (Å²) in [6.45, 7) is 16.6. The van der Waals surface area contributed by atoms with E-state index in [9.17, 15) is 9.59 Å². The van der Waals surface area contributed by atoms with Crippen LogP contribution in [0.5, 0.6) is 5.75 Å². The molecule has 1 fully saturated rings. The number of benzene rings is 1. The van der Waals surface area contributed by atoms with Gasteiger partial charge in [0.25, 0.3) is 11.8 Å². The van der Waals surface area contributed by atoms with Crippen molar-refractivity contribution in [2.45, 2.75) is 52.4 Å². The van der Waals surface area contributed by atoms with Crippen LogP contribution in [0.1, 0.15) is 58.2 Å². The van der Waals surface area contributed by atoms with E-state index in [4.69, 9.17) is 17.0 Å². The summed E-state index contributed by atoms with van der Waals surface area (Å²) in [5, 5.41) is 2.67. The number of hydrogen-bond donors (Lipinski definition) is 1. The van der Waals surface area contributed by atoms with Crippen LogP contribution in [0.2, 0.25) is 0 Å². The predicted molar refractivity (Wildman–Crippen MR) is 121 cm³/mol. The molecule has 156 valence electrons. The van der Waals surface area contributed by atoms with Crippen LogP contribution >= 0.6 is 12.2 Å². The molecule has 1 aliphatic rings. The van der Waals surface area contributed by atoms with E-state index >= 15 is 0 Å². The lowest BCUT2D eigenvalue weighted by atomic mass is 9.78. The SMILES string of the molecule is C=CCN1C(=O)/C(=C/c2cc(C(C)(C)C)cc(C(C)(C)C)c2OC)C(=O)NC1=S. The highest BCUT2D eigenvalue weighted by Gasteiger charge is 2.33. The zero-order valence-corrected chi connectivity index (χ0v) is 19.1. The van der Waals surface area contributed by atoms with Crippen molar-refractivity contribution < 1.29 is 14.3 Å². The first-order valence-corrected chi connectivity index (χ1v) is 9.94. The van der Waals surface area contributed by atoms with Crippen molar-refractivity contribution in [2.75, 3.05) is 13.7 Å². The maximum absolute atomic E-state index is 12.9. The van der Waals surface area contributed by atoms with E-state index in [1.54, 1.807) is 19.3 Å². The summed E-state index contributed by atoms with van der Waals surface area (Å²) >= 11 is 5.13. The lowest BCUT2D eigenvalue weighted by Crippen LogP contribution is -2.53. The smallest absolute Gasteiger partial charge is 0.265 e. The molecule has 0 atom stereocenters. The number of methoxy groups -OCH3 is 1. The molecule has 2 amide bonds. The summed E-state index contributed by atoms with van der Waals surface area (Å²) in [4.78, 5) is 26.8. The first-order valence-electron chi connectivity index (χ1n) is 9.54. The van der Waals surface area contributed by atoms with Crippen molar-refractivity contribution in [1.29, 1.82) is 0 Å². The van der Waals surface area contributed by atoms with Gasteiger partial charge < -0.3 is 4.74 Å². The van der Waals surface area contributed by atoms with Gasteiger partial charge in [0.1, 0.15) is 11.3 Å². The molecule has 2 rings (SSSR count). The quantitative estimate of drug-likeness (QED) is 0.349. The minimum atomic E-state index is -0.513. The Morgan fingerprint density at radius 3 is 2.24 bits per heavy atom. The van der Waals surface area contributed by atoms with Crippen LogP contribution in [-0.2, 0) is 20.4 Å². The summed E-state index contributed by atoms with van der Waals surface area (Å²) in [6, 6.07) is 4.12. The van der Waals surface area contributed by atoms with Gasteiger partial charge in [-0.15, -0.1) is 6.58 Å². The summed E-state index contributed by atoms with van der Waals surface area (Å²) in [6.07, 6.45) is 3.16. The normalized spacial score (nSPS) is 16.9. The van der Waals surface area contributed by atoms with Crippen molar-refractivity contribution >= 4 is 35.2 Å². The Kier molecular flexibility index (Phi) is 6.38. The highest BCUT2D eigenvalue weighted by atomic mass is 32.1. The molecule has 0 bridgehead atoms. The zero-order valence-electron chi connectivity index (χ0n) is 18.3. The second-order valence-corrected chi connectivity index (χ2v) is 9.55.